The number of hydrogen-bond donors (Lipinski definition) is 1. The lowest BCUT2D eigenvalue weighted by Gasteiger charge is -2.12. The lowest BCUT2D eigenvalue weighted by atomic mass is 9.96. The van der Waals surface area contributed by atoms with E-state index >= 15 is 0 Å². The second-order valence-electron chi connectivity index (χ2n) is 5.68. The second-order valence-corrected chi connectivity index (χ2v) is 6.60. The highest BCUT2D eigenvalue weighted by molar-refractivity contribution is 9.10. The molecule has 3 heterocycles. The third kappa shape index (κ3) is 3.16. The fourth-order valence-electron chi connectivity index (χ4n) is 2.75. The van der Waals surface area contributed by atoms with Gasteiger partial charge in [-0.1, -0.05) is 45.4 Å². The van der Waals surface area contributed by atoms with Crippen LogP contribution in [-0.2, 0) is 0 Å². The highest BCUT2D eigenvalue weighted by atomic mass is 79.9. The Kier molecular flexibility index (Phi) is 4.60. The molecule has 0 aliphatic rings. The predicted octanol–water partition coefficient (Wildman–Crippen LogP) is 4.64. The molecule has 0 spiro atoms. The first kappa shape index (κ1) is 16.6. The summed E-state index contributed by atoms with van der Waals surface area (Å²) in [6.07, 6.45) is 4.03. The molecule has 6 heteroatoms. The number of nitrogens with zero attached hydrogens (tertiary/aromatic N) is 3. The molecule has 0 saturated heterocycles. The van der Waals surface area contributed by atoms with Crippen molar-refractivity contribution in [3.05, 3.63) is 88.8 Å². The Labute approximate surface area is 158 Å². The average Bonchev–Trinajstić information content (AvgIpc) is 3.14. The number of aromatic nitrogens is 3. The van der Waals surface area contributed by atoms with Gasteiger partial charge in [0.25, 0.3) is 0 Å². The number of aliphatic hydroxyl groups is 1. The van der Waals surface area contributed by atoms with Crippen LogP contribution in [0.25, 0.3) is 22.7 Å². The largest absolute Gasteiger partial charge is 0.383 e. The van der Waals surface area contributed by atoms with Crippen LogP contribution in [0, 0.1) is 0 Å². The summed E-state index contributed by atoms with van der Waals surface area (Å²) in [5.41, 5.74) is 3.26. The van der Waals surface area contributed by atoms with E-state index in [2.05, 4.69) is 31.1 Å². The standard InChI is InChI=1S/C20H14BrN3O2/c21-15-8-6-13(7-9-15)18-17(19(25)14-4-3-10-22-12-14)20(26-24-18)16-5-1-2-11-23-16/h1-12,19,25H. The lowest BCUT2D eigenvalue weighted by Crippen LogP contribution is -2.03. The number of aliphatic hydroxyl groups excluding tert-OH is 1. The zero-order valence-electron chi connectivity index (χ0n) is 13.6. The fraction of sp³-hybridized carbons (Fsp3) is 0.0500. The Morgan fingerprint density at radius 2 is 1.81 bits per heavy atom. The number of halogens is 1. The van der Waals surface area contributed by atoms with Gasteiger partial charge in [0.15, 0.2) is 5.76 Å². The summed E-state index contributed by atoms with van der Waals surface area (Å²) in [6, 6.07) is 16.8. The molecule has 0 fully saturated rings. The van der Waals surface area contributed by atoms with Crippen LogP contribution in [0.5, 0.6) is 0 Å². The van der Waals surface area contributed by atoms with Gasteiger partial charge in [0, 0.05) is 34.2 Å². The second kappa shape index (κ2) is 7.19. The number of hydrogen-bond acceptors (Lipinski definition) is 5. The third-order valence-corrected chi connectivity index (χ3v) is 4.55. The van der Waals surface area contributed by atoms with Crippen LogP contribution in [0.4, 0.5) is 0 Å². The van der Waals surface area contributed by atoms with Gasteiger partial charge in [0.1, 0.15) is 17.5 Å². The van der Waals surface area contributed by atoms with Crippen LogP contribution in [0.3, 0.4) is 0 Å². The highest BCUT2D eigenvalue weighted by Gasteiger charge is 2.27. The van der Waals surface area contributed by atoms with Gasteiger partial charge in [-0.15, -0.1) is 0 Å². The number of pyridine rings is 2. The van der Waals surface area contributed by atoms with Crippen molar-refractivity contribution in [1.82, 2.24) is 15.1 Å². The minimum absolute atomic E-state index is 0.444. The zero-order valence-corrected chi connectivity index (χ0v) is 15.2. The summed E-state index contributed by atoms with van der Waals surface area (Å²) >= 11 is 3.43. The van der Waals surface area contributed by atoms with Crippen LogP contribution >= 0.6 is 15.9 Å². The van der Waals surface area contributed by atoms with E-state index < -0.39 is 6.10 Å². The van der Waals surface area contributed by atoms with Crippen molar-refractivity contribution < 1.29 is 9.63 Å². The van der Waals surface area contributed by atoms with Crippen LogP contribution in [0.1, 0.15) is 17.2 Å². The van der Waals surface area contributed by atoms with E-state index in [1.807, 2.05) is 48.5 Å². The maximum Gasteiger partial charge on any atom is 0.191 e. The smallest absolute Gasteiger partial charge is 0.191 e. The molecule has 3 aromatic heterocycles. The van der Waals surface area contributed by atoms with Crippen LogP contribution in [-0.4, -0.2) is 20.2 Å². The molecule has 4 rings (SSSR count). The maximum atomic E-state index is 11.0. The first-order chi connectivity index (χ1) is 12.7. The molecule has 1 atom stereocenters. The Balaban J connectivity index is 1.90. The minimum atomic E-state index is -0.939. The van der Waals surface area contributed by atoms with E-state index in [0.717, 1.165) is 10.0 Å². The van der Waals surface area contributed by atoms with Gasteiger partial charge in [0.05, 0.1) is 5.56 Å². The van der Waals surface area contributed by atoms with Gasteiger partial charge in [-0.05, 0) is 30.3 Å². The van der Waals surface area contributed by atoms with Gasteiger partial charge in [-0.25, -0.2) is 0 Å². The quantitative estimate of drug-likeness (QED) is 0.533. The molecule has 26 heavy (non-hydrogen) atoms. The van der Waals surface area contributed by atoms with Gasteiger partial charge in [0.2, 0.25) is 0 Å². The van der Waals surface area contributed by atoms with Crippen molar-refractivity contribution in [3.63, 3.8) is 0 Å². The van der Waals surface area contributed by atoms with Crippen molar-refractivity contribution in [3.8, 4) is 22.7 Å². The summed E-state index contributed by atoms with van der Waals surface area (Å²) in [6.45, 7) is 0. The zero-order chi connectivity index (χ0) is 17.9. The molecule has 1 N–H and O–H groups in total. The summed E-state index contributed by atoms with van der Waals surface area (Å²) in [7, 11) is 0. The van der Waals surface area contributed by atoms with Crippen molar-refractivity contribution in [2.24, 2.45) is 0 Å². The van der Waals surface area contributed by atoms with E-state index in [-0.39, 0.29) is 0 Å². The molecule has 128 valence electrons. The SMILES string of the molecule is OC(c1cccnc1)c1c(-c2ccc(Br)cc2)noc1-c1ccccn1. The summed E-state index contributed by atoms with van der Waals surface area (Å²) < 4.78 is 6.57. The number of rotatable bonds is 4. The van der Waals surface area contributed by atoms with Crippen molar-refractivity contribution in [1.29, 1.82) is 0 Å². The summed E-state index contributed by atoms with van der Waals surface area (Å²) in [4.78, 5) is 8.44. The third-order valence-electron chi connectivity index (χ3n) is 4.02. The molecule has 5 nitrogen and oxygen atoms in total. The first-order valence-corrected chi connectivity index (χ1v) is 8.78. The summed E-state index contributed by atoms with van der Waals surface area (Å²) in [5.74, 6) is 0.444. The molecule has 1 unspecified atom stereocenters. The van der Waals surface area contributed by atoms with E-state index in [4.69, 9.17) is 4.52 Å². The molecule has 1 aromatic carbocycles. The van der Waals surface area contributed by atoms with E-state index in [1.54, 1.807) is 24.7 Å². The monoisotopic (exact) mass is 407 g/mol. The van der Waals surface area contributed by atoms with E-state index in [1.165, 1.54) is 0 Å². The van der Waals surface area contributed by atoms with Gasteiger partial charge in [-0.2, -0.15) is 0 Å². The molecule has 0 aliphatic heterocycles. The molecule has 0 aliphatic carbocycles. The van der Waals surface area contributed by atoms with Gasteiger partial charge in [-0.3, -0.25) is 9.97 Å². The first-order valence-electron chi connectivity index (χ1n) is 7.99. The van der Waals surface area contributed by atoms with Crippen molar-refractivity contribution in [2.75, 3.05) is 0 Å². The molecule has 0 radical (unpaired) electrons. The van der Waals surface area contributed by atoms with Crippen LogP contribution in [0.2, 0.25) is 0 Å². The van der Waals surface area contributed by atoms with Gasteiger partial charge < -0.3 is 9.63 Å². The molecule has 0 bridgehead atoms. The average molecular weight is 408 g/mol. The lowest BCUT2D eigenvalue weighted by molar-refractivity contribution is 0.220. The van der Waals surface area contributed by atoms with Crippen molar-refractivity contribution >= 4 is 15.9 Å². The minimum Gasteiger partial charge on any atom is -0.383 e. The van der Waals surface area contributed by atoms with Gasteiger partial charge >= 0.3 is 0 Å². The normalized spacial score (nSPS) is 12.1. The maximum absolute atomic E-state index is 11.0. The molecule has 0 amide bonds. The number of benzene rings is 1. The molecular formula is C20H14BrN3O2. The van der Waals surface area contributed by atoms with E-state index in [9.17, 15) is 5.11 Å². The Hall–Kier alpha value is -2.83. The molecular weight excluding hydrogens is 394 g/mol. The molecule has 0 saturated carbocycles. The Morgan fingerprint density at radius 1 is 0.962 bits per heavy atom. The van der Waals surface area contributed by atoms with Crippen LogP contribution in [0.15, 0.2) is 82.2 Å². The fourth-order valence-corrected chi connectivity index (χ4v) is 3.02. The Bertz CT molecular complexity index is 1000. The topological polar surface area (TPSA) is 72.0 Å². The van der Waals surface area contributed by atoms with Crippen molar-refractivity contribution in [2.45, 2.75) is 6.10 Å². The van der Waals surface area contributed by atoms with Crippen LogP contribution < -0.4 is 0 Å². The summed E-state index contributed by atoms with van der Waals surface area (Å²) in [5, 5.41) is 15.3. The highest BCUT2D eigenvalue weighted by Crippen LogP contribution is 2.38. The Morgan fingerprint density at radius 3 is 2.50 bits per heavy atom. The molecule has 4 aromatic rings. The van der Waals surface area contributed by atoms with E-state index in [0.29, 0.717) is 28.3 Å². The predicted molar refractivity (Wildman–Crippen MR) is 101 cm³/mol.